The van der Waals surface area contributed by atoms with Crippen LogP contribution in [0, 0.1) is 11.6 Å². The monoisotopic (exact) mass is 226 g/mol. The van der Waals surface area contributed by atoms with Gasteiger partial charge in [0.1, 0.15) is 23.4 Å². The Morgan fingerprint density at radius 2 is 2.19 bits per heavy atom. The summed E-state index contributed by atoms with van der Waals surface area (Å²) in [6, 6.07) is 2.61. The molecule has 0 radical (unpaired) electrons. The van der Waals surface area contributed by atoms with E-state index in [1.54, 1.807) is 0 Å². The molecule has 1 aliphatic heterocycles. The molecule has 86 valence electrons. The van der Waals surface area contributed by atoms with E-state index in [4.69, 9.17) is 10.6 Å². The molecule has 0 spiro atoms. The molecule has 16 heavy (non-hydrogen) atoms. The Labute approximate surface area is 91.9 Å². The van der Waals surface area contributed by atoms with Crippen LogP contribution in [-0.4, -0.2) is 6.61 Å². The fourth-order valence-electron chi connectivity index (χ4n) is 1.70. The van der Waals surface area contributed by atoms with E-state index < -0.39 is 17.7 Å². The molecule has 0 saturated carbocycles. The molecule has 1 atom stereocenters. The minimum Gasteiger partial charge on any atom is -0.496 e. The summed E-state index contributed by atoms with van der Waals surface area (Å²) in [4.78, 5) is 0. The van der Waals surface area contributed by atoms with Gasteiger partial charge in [-0.25, -0.2) is 14.2 Å². The first kappa shape index (κ1) is 11.0. The van der Waals surface area contributed by atoms with Crippen molar-refractivity contribution < 1.29 is 13.5 Å². The average Bonchev–Trinajstić information content (AvgIpc) is 2.78. The number of ether oxygens (including phenoxy) is 1. The molecule has 3 N–H and O–H groups in total. The van der Waals surface area contributed by atoms with Gasteiger partial charge in [0.15, 0.2) is 0 Å². The minimum atomic E-state index is -0.641. The predicted octanol–water partition coefficient (Wildman–Crippen LogP) is 1.77. The highest BCUT2D eigenvalue weighted by Gasteiger charge is 2.22. The lowest BCUT2D eigenvalue weighted by Crippen LogP contribution is -2.30. The summed E-state index contributed by atoms with van der Waals surface area (Å²) < 4.78 is 31.8. The molecule has 5 heteroatoms. The van der Waals surface area contributed by atoms with Gasteiger partial charge in [0, 0.05) is 12.0 Å². The van der Waals surface area contributed by atoms with E-state index in [0.717, 1.165) is 24.6 Å². The Morgan fingerprint density at radius 1 is 1.38 bits per heavy atom. The summed E-state index contributed by atoms with van der Waals surface area (Å²) in [5, 5.41) is 0. The lowest BCUT2D eigenvalue weighted by molar-refractivity contribution is 0.214. The third-order valence-electron chi connectivity index (χ3n) is 2.45. The molecule has 1 unspecified atom stereocenters. The average molecular weight is 226 g/mol. The maximum Gasteiger partial charge on any atom is 0.128 e. The molecular weight excluding hydrogens is 214 g/mol. The molecule has 0 saturated heterocycles. The molecule has 0 bridgehead atoms. The van der Waals surface area contributed by atoms with Gasteiger partial charge < -0.3 is 4.74 Å². The van der Waals surface area contributed by atoms with Crippen LogP contribution in [0.4, 0.5) is 8.78 Å². The van der Waals surface area contributed by atoms with Crippen LogP contribution in [0.3, 0.4) is 0 Å². The molecule has 0 amide bonds. The molecule has 3 nitrogen and oxygen atoms in total. The topological polar surface area (TPSA) is 47.3 Å². The fourth-order valence-corrected chi connectivity index (χ4v) is 1.70. The lowest BCUT2D eigenvalue weighted by Gasteiger charge is -2.18. The Kier molecular flexibility index (Phi) is 3.17. The van der Waals surface area contributed by atoms with E-state index in [0.29, 0.717) is 12.4 Å². The Morgan fingerprint density at radius 3 is 2.81 bits per heavy atom. The molecule has 1 aliphatic rings. The zero-order valence-electron chi connectivity index (χ0n) is 8.54. The number of hydrogen-bond acceptors (Lipinski definition) is 3. The Hall–Kier alpha value is -1.46. The highest BCUT2D eigenvalue weighted by atomic mass is 19.1. The first-order valence-electron chi connectivity index (χ1n) is 4.96. The number of hydrogen-bond donors (Lipinski definition) is 2. The lowest BCUT2D eigenvalue weighted by atomic mass is 10.0. The minimum absolute atomic E-state index is 0.149. The fraction of sp³-hybridized carbons (Fsp3) is 0.273. The van der Waals surface area contributed by atoms with Gasteiger partial charge in [-0.2, -0.15) is 0 Å². The number of nitrogens with one attached hydrogen (secondary N) is 1. The van der Waals surface area contributed by atoms with Crippen molar-refractivity contribution in [1.29, 1.82) is 0 Å². The van der Waals surface area contributed by atoms with E-state index in [1.165, 1.54) is 0 Å². The van der Waals surface area contributed by atoms with Gasteiger partial charge in [0.05, 0.1) is 6.61 Å². The molecule has 0 fully saturated rings. The first-order chi connectivity index (χ1) is 7.72. The first-order valence-corrected chi connectivity index (χ1v) is 4.96. The van der Waals surface area contributed by atoms with E-state index in [9.17, 15) is 8.78 Å². The largest absolute Gasteiger partial charge is 0.496 e. The number of halogens is 2. The van der Waals surface area contributed by atoms with Crippen molar-refractivity contribution in [2.24, 2.45) is 5.84 Å². The predicted molar refractivity (Wildman–Crippen MR) is 55.1 cm³/mol. The summed E-state index contributed by atoms with van der Waals surface area (Å²) in [5.41, 5.74) is 2.58. The zero-order valence-corrected chi connectivity index (χ0v) is 8.54. The van der Waals surface area contributed by atoms with Crippen molar-refractivity contribution >= 4 is 0 Å². The van der Waals surface area contributed by atoms with Crippen LogP contribution in [0.15, 0.2) is 30.0 Å². The number of rotatable bonds is 3. The van der Waals surface area contributed by atoms with Gasteiger partial charge >= 0.3 is 0 Å². The van der Waals surface area contributed by atoms with Crippen LogP contribution in [0.5, 0.6) is 0 Å². The smallest absolute Gasteiger partial charge is 0.128 e. The second-order valence-electron chi connectivity index (χ2n) is 3.51. The maximum absolute atomic E-state index is 13.5. The Balaban J connectivity index is 2.35. The number of nitrogens with two attached hydrogens (primary N) is 1. The van der Waals surface area contributed by atoms with Crippen LogP contribution in [0.1, 0.15) is 18.0 Å². The van der Waals surface area contributed by atoms with Crippen molar-refractivity contribution in [3.05, 3.63) is 47.2 Å². The standard InChI is InChI=1S/C11H12F2N2O/c12-7-3-4-9(13)8(6-7)11(15-14)10-2-1-5-16-10/h2-4,6,11,15H,1,5,14H2. The normalized spacial score (nSPS) is 16.8. The Bertz CT molecular complexity index is 420. The number of benzene rings is 1. The van der Waals surface area contributed by atoms with Crippen LogP contribution < -0.4 is 11.3 Å². The van der Waals surface area contributed by atoms with Gasteiger partial charge in [-0.05, 0) is 24.3 Å². The highest BCUT2D eigenvalue weighted by molar-refractivity contribution is 5.28. The molecule has 2 rings (SSSR count). The summed E-state index contributed by atoms with van der Waals surface area (Å²) in [6.07, 6.45) is 2.57. The molecule has 0 aromatic heterocycles. The summed E-state index contributed by atoms with van der Waals surface area (Å²) in [7, 11) is 0. The van der Waals surface area contributed by atoms with Crippen molar-refractivity contribution in [2.75, 3.05) is 6.61 Å². The van der Waals surface area contributed by atoms with Crippen molar-refractivity contribution in [3.63, 3.8) is 0 Å². The van der Waals surface area contributed by atoms with Crippen LogP contribution >= 0.6 is 0 Å². The third kappa shape index (κ3) is 2.05. The quantitative estimate of drug-likeness (QED) is 0.610. The van der Waals surface area contributed by atoms with Gasteiger partial charge in [-0.15, -0.1) is 0 Å². The molecular formula is C11H12F2N2O. The molecule has 1 aromatic carbocycles. The van der Waals surface area contributed by atoms with Crippen LogP contribution in [0.25, 0.3) is 0 Å². The molecule has 1 heterocycles. The van der Waals surface area contributed by atoms with Gasteiger partial charge in [-0.3, -0.25) is 5.84 Å². The van der Waals surface area contributed by atoms with E-state index in [-0.39, 0.29) is 5.56 Å². The number of hydrazine groups is 1. The summed E-state index contributed by atoms with van der Waals surface area (Å²) in [5.74, 6) is 4.86. The zero-order chi connectivity index (χ0) is 11.5. The second-order valence-corrected chi connectivity index (χ2v) is 3.51. The van der Waals surface area contributed by atoms with E-state index in [2.05, 4.69) is 5.43 Å². The molecule has 1 aromatic rings. The molecule has 0 aliphatic carbocycles. The van der Waals surface area contributed by atoms with Gasteiger partial charge in [-0.1, -0.05) is 0 Å². The van der Waals surface area contributed by atoms with Crippen LogP contribution in [-0.2, 0) is 4.74 Å². The second kappa shape index (κ2) is 4.59. The van der Waals surface area contributed by atoms with E-state index >= 15 is 0 Å². The SMILES string of the molecule is NNC(C1=CCCO1)c1cc(F)ccc1F. The summed E-state index contributed by atoms with van der Waals surface area (Å²) >= 11 is 0. The van der Waals surface area contributed by atoms with Crippen molar-refractivity contribution in [2.45, 2.75) is 12.5 Å². The van der Waals surface area contributed by atoms with Crippen molar-refractivity contribution in [3.8, 4) is 0 Å². The van der Waals surface area contributed by atoms with E-state index in [1.807, 2.05) is 6.08 Å². The van der Waals surface area contributed by atoms with Crippen LogP contribution in [0.2, 0.25) is 0 Å². The highest BCUT2D eigenvalue weighted by Crippen LogP contribution is 2.27. The summed E-state index contributed by atoms with van der Waals surface area (Å²) in [6.45, 7) is 0.546. The maximum atomic E-state index is 13.5. The third-order valence-corrected chi connectivity index (χ3v) is 2.45. The van der Waals surface area contributed by atoms with Crippen molar-refractivity contribution in [1.82, 2.24) is 5.43 Å². The van der Waals surface area contributed by atoms with Gasteiger partial charge in [0.2, 0.25) is 0 Å². The van der Waals surface area contributed by atoms with Gasteiger partial charge in [0.25, 0.3) is 0 Å².